The van der Waals surface area contributed by atoms with Crippen molar-refractivity contribution >= 4 is 0 Å². The molecule has 0 aliphatic carbocycles. The van der Waals surface area contributed by atoms with Crippen molar-refractivity contribution in [3.63, 3.8) is 0 Å². The second-order valence-corrected chi connectivity index (χ2v) is 14.3. The molecule has 1 atom stereocenters. The summed E-state index contributed by atoms with van der Waals surface area (Å²) in [5, 5.41) is 0. The summed E-state index contributed by atoms with van der Waals surface area (Å²) in [5.41, 5.74) is 0. The van der Waals surface area contributed by atoms with E-state index in [0.717, 1.165) is 12.5 Å². The zero-order valence-electron chi connectivity index (χ0n) is 30.5. The molecule has 0 saturated heterocycles. The third-order valence-electron chi connectivity index (χ3n) is 9.95. The maximum Gasteiger partial charge on any atom is 0.564 e. The van der Waals surface area contributed by atoms with E-state index in [2.05, 4.69) is 44.9 Å². The standard InChI is InChI=1S/C41H80N2.ClH/c1-4-6-8-10-12-14-15-16-17-18-19-20-21-23-27-31-35-41(34-30-26-22-13-11-9-7-5-2)36-32-28-24-25-29-33-37-43-39-38-42(3)40-43;/h38-39,41H,4-37H2,1-3H3;1H/q+1;/p-1. The van der Waals surface area contributed by atoms with Crippen LogP contribution in [0.25, 0.3) is 0 Å². The molecule has 1 radical (unpaired) electrons. The van der Waals surface area contributed by atoms with Crippen molar-refractivity contribution in [2.75, 3.05) is 13.6 Å². The van der Waals surface area contributed by atoms with Crippen LogP contribution in [0.1, 0.15) is 226 Å². The van der Waals surface area contributed by atoms with E-state index in [0.29, 0.717) is 0 Å². The summed E-state index contributed by atoms with van der Waals surface area (Å²) < 4.78 is 0. The monoisotopic (exact) mass is 636 g/mol. The van der Waals surface area contributed by atoms with Crippen molar-refractivity contribution < 1.29 is 12.4 Å². The highest BCUT2D eigenvalue weighted by Gasteiger charge is 2.26. The van der Waals surface area contributed by atoms with Gasteiger partial charge in [-0.2, -0.15) is 0 Å². The van der Waals surface area contributed by atoms with Crippen LogP contribution in [0.3, 0.4) is 0 Å². The van der Waals surface area contributed by atoms with Crippen LogP contribution in [-0.2, 0) is 0 Å². The fourth-order valence-electron chi connectivity index (χ4n) is 6.98. The Morgan fingerprint density at radius 3 is 1.00 bits per heavy atom. The normalized spacial score (nSPS) is 13.4. The molecule has 0 aromatic carbocycles. The first-order valence-electron chi connectivity index (χ1n) is 20.2. The van der Waals surface area contributed by atoms with Gasteiger partial charge in [0.1, 0.15) is 0 Å². The maximum atomic E-state index is 3.32. The molecule has 1 aliphatic heterocycles. The predicted molar refractivity (Wildman–Crippen MR) is 194 cm³/mol. The van der Waals surface area contributed by atoms with Crippen LogP contribution in [0.5, 0.6) is 0 Å². The Balaban J connectivity index is 0.0000185. The molecule has 1 heterocycles. The van der Waals surface area contributed by atoms with E-state index < -0.39 is 0 Å². The summed E-state index contributed by atoms with van der Waals surface area (Å²) in [4.78, 5) is 4.22. The zero-order valence-corrected chi connectivity index (χ0v) is 31.3. The maximum absolute atomic E-state index is 3.32. The fraction of sp³-hybridized carbons (Fsp3) is 0.927. The zero-order chi connectivity index (χ0) is 30.9. The molecule has 0 aromatic heterocycles. The van der Waals surface area contributed by atoms with Gasteiger partial charge in [0.2, 0.25) is 0 Å². The Hall–Kier alpha value is -0.500. The van der Waals surface area contributed by atoms with Gasteiger partial charge in [-0.3, -0.25) is 0 Å². The van der Waals surface area contributed by atoms with Gasteiger partial charge >= 0.3 is 6.67 Å². The van der Waals surface area contributed by atoms with Crippen molar-refractivity contribution in [3.05, 3.63) is 19.1 Å². The molecule has 0 spiro atoms. The largest absolute Gasteiger partial charge is 1.00 e. The van der Waals surface area contributed by atoms with E-state index in [-0.39, 0.29) is 12.4 Å². The van der Waals surface area contributed by atoms with Gasteiger partial charge in [-0.05, 0) is 12.3 Å². The van der Waals surface area contributed by atoms with Gasteiger partial charge in [0.25, 0.3) is 0 Å². The number of nitrogens with zero attached hydrogens (tertiary/aromatic N) is 2. The Kier molecular flexibility index (Phi) is 35.0. The van der Waals surface area contributed by atoms with Crippen molar-refractivity contribution in [1.82, 2.24) is 9.80 Å². The van der Waals surface area contributed by atoms with Crippen LogP contribution in [-0.4, -0.2) is 23.4 Å². The highest BCUT2D eigenvalue weighted by molar-refractivity contribution is 4.94. The minimum Gasteiger partial charge on any atom is -1.00 e. The van der Waals surface area contributed by atoms with E-state index in [1.54, 1.807) is 0 Å². The second kappa shape index (κ2) is 35.4. The van der Waals surface area contributed by atoms with Crippen LogP contribution >= 0.6 is 0 Å². The average molecular weight is 637 g/mol. The van der Waals surface area contributed by atoms with Crippen molar-refractivity contribution in [3.8, 4) is 0 Å². The van der Waals surface area contributed by atoms with E-state index in [4.69, 9.17) is 0 Å². The molecule has 2 nitrogen and oxygen atoms in total. The smallest absolute Gasteiger partial charge is 0.564 e. The van der Waals surface area contributed by atoms with Crippen LogP contribution in [0.2, 0.25) is 0 Å². The first kappa shape index (κ1) is 43.5. The molecular weight excluding hydrogens is 556 g/mol. The predicted octanol–water partition coefficient (Wildman–Crippen LogP) is 11.2. The van der Waals surface area contributed by atoms with Gasteiger partial charge in [0.15, 0.2) is 0 Å². The molecule has 0 N–H and O–H groups in total. The average Bonchev–Trinajstić information content (AvgIpc) is 3.43. The van der Waals surface area contributed by atoms with Gasteiger partial charge in [0, 0.05) is 0 Å². The highest BCUT2D eigenvalue weighted by atomic mass is 35.5. The van der Waals surface area contributed by atoms with Crippen LogP contribution in [0, 0.1) is 12.6 Å². The molecule has 0 fully saturated rings. The molecule has 1 aliphatic rings. The highest BCUT2D eigenvalue weighted by Crippen LogP contribution is 2.25. The van der Waals surface area contributed by atoms with Crippen molar-refractivity contribution in [1.29, 1.82) is 0 Å². The molecule has 44 heavy (non-hydrogen) atoms. The minimum atomic E-state index is 0. The Labute approximate surface area is 285 Å². The van der Waals surface area contributed by atoms with Gasteiger partial charge in [-0.1, -0.05) is 219 Å². The van der Waals surface area contributed by atoms with Gasteiger partial charge < -0.3 is 12.4 Å². The first-order valence-corrected chi connectivity index (χ1v) is 20.2. The Morgan fingerprint density at radius 2 is 0.705 bits per heavy atom. The third-order valence-corrected chi connectivity index (χ3v) is 9.95. The van der Waals surface area contributed by atoms with Crippen LogP contribution in [0.4, 0.5) is 0 Å². The summed E-state index contributed by atoms with van der Waals surface area (Å²) in [6.07, 6.45) is 52.5. The summed E-state index contributed by atoms with van der Waals surface area (Å²) >= 11 is 0. The van der Waals surface area contributed by atoms with E-state index in [9.17, 15) is 0 Å². The minimum absolute atomic E-state index is 0. The molecule has 0 amide bonds. The number of halogens is 1. The second-order valence-electron chi connectivity index (χ2n) is 14.3. The lowest BCUT2D eigenvalue weighted by molar-refractivity contribution is -0.00000953. The Morgan fingerprint density at radius 1 is 0.409 bits per heavy atom. The van der Waals surface area contributed by atoms with E-state index in [1.807, 2.05) is 4.90 Å². The molecule has 1 unspecified atom stereocenters. The van der Waals surface area contributed by atoms with Gasteiger partial charge in [0.05, 0.1) is 26.0 Å². The summed E-state index contributed by atoms with van der Waals surface area (Å²) in [7, 11) is 2.05. The topological polar surface area (TPSA) is 6.48 Å². The number of unbranched alkanes of at least 4 members (excludes halogenated alkanes) is 27. The summed E-state index contributed by atoms with van der Waals surface area (Å²) in [6.45, 7) is 9.08. The van der Waals surface area contributed by atoms with E-state index >= 15 is 0 Å². The van der Waals surface area contributed by atoms with Gasteiger partial charge in [-0.25, -0.2) is 0 Å². The van der Waals surface area contributed by atoms with Crippen molar-refractivity contribution in [2.45, 2.75) is 226 Å². The molecular formula is C41H80ClN2. The molecule has 261 valence electrons. The SMILES string of the molecule is CCCCCCCCCCCCCCCCCCC(CCCCCCCCCC)CCCCCCCCN1[C+]N(C)C=C1.[Cl-]. The van der Waals surface area contributed by atoms with Crippen LogP contribution < -0.4 is 12.4 Å². The fourth-order valence-corrected chi connectivity index (χ4v) is 6.98. The lowest BCUT2D eigenvalue weighted by Gasteiger charge is -2.17. The third kappa shape index (κ3) is 30.2. The number of hydrogen-bond acceptors (Lipinski definition) is 2. The van der Waals surface area contributed by atoms with Crippen molar-refractivity contribution in [2.24, 2.45) is 5.92 Å². The quantitative estimate of drug-likeness (QED) is 0.0505. The lowest BCUT2D eigenvalue weighted by Crippen LogP contribution is -3.00. The summed E-state index contributed by atoms with van der Waals surface area (Å²) in [5.74, 6) is 1.01. The van der Waals surface area contributed by atoms with Gasteiger partial charge in [-0.15, -0.1) is 9.80 Å². The lowest BCUT2D eigenvalue weighted by atomic mass is 9.89. The molecule has 1 rings (SSSR count). The number of hydrogen-bond donors (Lipinski definition) is 0. The van der Waals surface area contributed by atoms with Crippen LogP contribution in [0.15, 0.2) is 12.4 Å². The molecule has 0 aromatic rings. The number of rotatable bonds is 35. The molecule has 3 heteroatoms. The summed E-state index contributed by atoms with van der Waals surface area (Å²) in [6, 6.07) is 0. The molecule has 0 bridgehead atoms. The Bertz CT molecular complexity index is 565. The first-order chi connectivity index (χ1) is 21.3. The molecule has 0 saturated carbocycles. The van der Waals surface area contributed by atoms with E-state index in [1.165, 1.54) is 212 Å².